The van der Waals surface area contributed by atoms with Gasteiger partial charge < -0.3 is 10.3 Å². The number of rotatable bonds is 0. The maximum Gasteiger partial charge on any atom is 0.293 e. The Kier molecular flexibility index (Phi) is 1.45. The van der Waals surface area contributed by atoms with E-state index in [1.54, 1.807) is 20.2 Å². The third-order valence-corrected chi connectivity index (χ3v) is 1.44. The molecule has 10 heavy (non-hydrogen) atoms. The van der Waals surface area contributed by atoms with Gasteiger partial charge in [-0.25, -0.2) is 4.98 Å². The van der Waals surface area contributed by atoms with Crippen molar-refractivity contribution in [2.24, 2.45) is 7.05 Å². The normalized spacial score (nSPS) is 9.80. The van der Waals surface area contributed by atoms with Gasteiger partial charge in [-0.05, 0) is 6.92 Å². The fraction of sp³-hybridized carbons (Fsp3) is 0.333. The van der Waals surface area contributed by atoms with Crippen molar-refractivity contribution in [2.75, 3.05) is 5.73 Å². The summed E-state index contributed by atoms with van der Waals surface area (Å²) in [4.78, 5) is 14.6. The fourth-order valence-electron chi connectivity index (χ4n) is 0.637. The first-order valence-electron chi connectivity index (χ1n) is 2.91. The highest BCUT2D eigenvalue weighted by molar-refractivity contribution is 5.23. The minimum atomic E-state index is -0.236. The molecule has 0 atom stereocenters. The van der Waals surface area contributed by atoms with Crippen molar-refractivity contribution < 1.29 is 0 Å². The van der Waals surface area contributed by atoms with E-state index in [0.717, 1.165) is 5.69 Å². The standard InChI is InChI=1S/C6H9N3O/c1-4-3-8-5(7)6(10)9(4)2/h3H,1-2H3,(H2,7,8). The molecule has 4 heteroatoms. The van der Waals surface area contributed by atoms with Crippen LogP contribution in [0.1, 0.15) is 5.69 Å². The van der Waals surface area contributed by atoms with Crippen molar-refractivity contribution in [3.8, 4) is 0 Å². The third-order valence-electron chi connectivity index (χ3n) is 1.44. The first-order chi connectivity index (χ1) is 4.63. The largest absolute Gasteiger partial charge is 0.379 e. The molecule has 1 aromatic rings. The van der Waals surface area contributed by atoms with Crippen LogP contribution in [0, 0.1) is 6.92 Å². The Bertz CT molecular complexity index is 302. The summed E-state index contributed by atoms with van der Waals surface area (Å²) in [5.41, 5.74) is 5.81. The molecule has 0 fully saturated rings. The van der Waals surface area contributed by atoms with Gasteiger partial charge in [0.2, 0.25) is 0 Å². The summed E-state index contributed by atoms with van der Waals surface area (Å²) >= 11 is 0. The Morgan fingerprint density at radius 2 is 2.30 bits per heavy atom. The van der Waals surface area contributed by atoms with Gasteiger partial charge in [0.25, 0.3) is 5.56 Å². The van der Waals surface area contributed by atoms with Gasteiger partial charge in [-0.15, -0.1) is 0 Å². The van der Waals surface area contributed by atoms with Gasteiger partial charge in [0.1, 0.15) is 0 Å². The van der Waals surface area contributed by atoms with Crippen LogP contribution in [-0.2, 0) is 7.05 Å². The minimum Gasteiger partial charge on any atom is -0.379 e. The van der Waals surface area contributed by atoms with Crippen LogP contribution >= 0.6 is 0 Å². The number of nitrogens with zero attached hydrogens (tertiary/aromatic N) is 2. The summed E-state index contributed by atoms with van der Waals surface area (Å²) in [6, 6.07) is 0. The average molecular weight is 139 g/mol. The number of hydrogen-bond acceptors (Lipinski definition) is 3. The predicted octanol–water partition coefficient (Wildman–Crippen LogP) is -0.329. The van der Waals surface area contributed by atoms with Crippen molar-refractivity contribution in [3.05, 3.63) is 22.2 Å². The monoisotopic (exact) mass is 139 g/mol. The van der Waals surface area contributed by atoms with Crippen LogP contribution in [0.25, 0.3) is 0 Å². The molecule has 0 aromatic carbocycles. The molecule has 0 bridgehead atoms. The lowest BCUT2D eigenvalue weighted by atomic mass is 10.5. The molecule has 1 aromatic heterocycles. The molecule has 0 saturated carbocycles. The number of nitrogens with two attached hydrogens (primary N) is 1. The van der Waals surface area contributed by atoms with Gasteiger partial charge in [-0.3, -0.25) is 4.79 Å². The molecule has 0 aliphatic carbocycles. The van der Waals surface area contributed by atoms with Gasteiger partial charge in [-0.2, -0.15) is 0 Å². The highest BCUT2D eigenvalue weighted by Gasteiger charge is 1.98. The topological polar surface area (TPSA) is 60.9 Å². The molecule has 0 amide bonds. The Balaban J connectivity index is 3.50. The second-order valence-corrected chi connectivity index (χ2v) is 2.15. The summed E-state index contributed by atoms with van der Waals surface area (Å²) < 4.78 is 1.46. The van der Waals surface area contributed by atoms with Crippen molar-refractivity contribution in [3.63, 3.8) is 0 Å². The van der Waals surface area contributed by atoms with Gasteiger partial charge >= 0.3 is 0 Å². The Labute approximate surface area is 58.3 Å². The van der Waals surface area contributed by atoms with Gasteiger partial charge in [0, 0.05) is 18.9 Å². The molecule has 54 valence electrons. The highest BCUT2D eigenvalue weighted by Crippen LogP contribution is 1.90. The third kappa shape index (κ3) is 0.877. The Hall–Kier alpha value is -1.32. The van der Waals surface area contributed by atoms with E-state index in [0.29, 0.717) is 0 Å². The van der Waals surface area contributed by atoms with E-state index in [1.807, 2.05) is 0 Å². The highest BCUT2D eigenvalue weighted by atomic mass is 16.1. The summed E-state index contributed by atoms with van der Waals surface area (Å²) in [7, 11) is 1.66. The fourth-order valence-corrected chi connectivity index (χ4v) is 0.637. The Morgan fingerprint density at radius 1 is 1.70 bits per heavy atom. The van der Waals surface area contributed by atoms with Crippen LogP contribution in [0.4, 0.5) is 5.82 Å². The van der Waals surface area contributed by atoms with Gasteiger partial charge in [0.15, 0.2) is 5.82 Å². The second-order valence-electron chi connectivity index (χ2n) is 2.15. The minimum absolute atomic E-state index is 0.0492. The molecule has 1 rings (SSSR count). The second kappa shape index (κ2) is 2.13. The maximum atomic E-state index is 11.0. The van der Waals surface area contributed by atoms with Crippen LogP contribution in [0.15, 0.2) is 11.0 Å². The molecule has 0 aliphatic heterocycles. The van der Waals surface area contributed by atoms with Gasteiger partial charge in [0.05, 0.1) is 0 Å². The Morgan fingerprint density at radius 3 is 2.80 bits per heavy atom. The summed E-state index contributed by atoms with van der Waals surface area (Å²) in [5, 5.41) is 0. The van der Waals surface area contributed by atoms with E-state index in [1.165, 1.54) is 4.57 Å². The summed E-state index contributed by atoms with van der Waals surface area (Å²) in [6.45, 7) is 1.80. The van der Waals surface area contributed by atoms with E-state index in [9.17, 15) is 4.79 Å². The van der Waals surface area contributed by atoms with Crippen LogP contribution < -0.4 is 11.3 Å². The molecular formula is C6H9N3O. The lowest BCUT2D eigenvalue weighted by molar-refractivity contribution is 0.805. The quantitative estimate of drug-likeness (QED) is 0.535. The number of hydrogen-bond donors (Lipinski definition) is 1. The van der Waals surface area contributed by atoms with Crippen molar-refractivity contribution >= 4 is 5.82 Å². The lowest BCUT2D eigenvalue weighted by Crippen LogP contribution is -2.22. The molecule has 0 aliphatic rings. The summed E-state index contributed by atoms with van der Waals surface area (Å²) in [5.74, 6) is 0.0492. The van der Waals surface area contributed by atoms with Crippen molar-refractivity contribution in [2.45, 2.75) is 6.92 Å². The van der Waals surface area contributed by atoms with E-state index in [-0.39, 0.29) is 11.4 Å². The zero-order chi connectivity index (χ0) is 7.72. The SMILES string of the molecule is Cc1cnc(N)c(=O)n1C. The first kappa shape index (κ1) is 6.80. The number of anilines is 1. The van der Waals surface area contributed by atoms with Crippen LogP contribution in [0.3, 0.4) is 0 Å². The van der Waals surface area contributed by atoms with Gasteiger partial charge in [-0.1, -0.05) is 0 Å². The molecule has 1 heterocycles. The molecular weight excluding hydrogens is 130 g/mol. The van der Waals surface area contributed by atoms with E-state index < -0.39 is 0 Å². The zero-order valence-corrected chi connectivity index (χ0v) is 5.96. The molecule has 0 spiro atoms. The van der Waals surface area contributed by atoms with Crippen molar-refractivity contribution in [1.29, 1.82) is 0 Å². The van der Waals surface area contributed by atoms with E-state index in [2.05, 4.69) is 4.98 Å². The average Bonchev–Trinajstić information content (AvgIpc) is 1.93. The maximum absolute atomic E-state index is 11.0. The zero-order valence-electron chi connectivity index (χ0n) is 5.96. The smallest absolute Gasteiger partial charge is 0.293 e. The molecule has 2 N–H and O–H groups in total. The molecule has 0 radical (unpaired) electrons. The van der Waals surface area contributed by atoms with Crippen LogP contribution in [-0.4, -0.2) is 9.55 Å². The van der Waals surface area contributed by atoms with Crippen LogP contribution in [0.2, 0.25) is 0 Å². The number of nitrogen functional groups attached to an aromatic ring is 1. The number of aromatic nitrogens is 2. The lowest BCUT2D eigenvalue weighted by Gasteiger charge is -2.00. The molecule has 0 saturated heterocycles. The van der Waals surface area contributed by atoms with Crippen molar-refractivity contribution in [1.82, 2.24) is 9.55 Å². The first-order valence-corrected chi connectivity index (χ1v) is 2.91. The number of aryl methyl sites for hydroxylation is 1. The van der Waals surface area contributed by atoms with E-state index >= 15 is 0 Å². The predicted molar refractivity (Wildman–Crippen MR) is 38.6 cm³/mol. The molecule has 0 unspecified atom stereocenters. The van der Waals surface area contributed by atoms with E-state index in [4.69, 9.17) is 5.73 Å². The van der Waals surface area contributed by atoms with Crippen LogP contribution in [0.5, 0.6) is 0 Å². The summed E-state index contributed by atoms with van der Waals surface area (Å²) in [6.07, 6.45) is 1.57. The molecule has 4 nitrogen and oxygen atoms in total.